The van der Waals surface area contributed by atoms with Gasteiger partial charge in [0.1, 0.15) is 0 Å². The van der Waals surface area contributed by atoms with E-state index in [2.05, 4.69) is 34.1 Å². The van der Waals surface area contributed by atoms with Crippen LogP contribution >= 0.6 is 11.6 Å². The number of nitrogens with one attached hydrogen (secondary N) is 1. The van der Waals surface area contributed by atoms with Crippen LogP contribution < -0.4 is 10.7 Å². The molecule has 0 radical (unpaired) electrons. The van der Waals surface area contributed by atoms with Crippen LogP contribution in [-0.4, -0.2) is 16.1 Å². The van der Waals surface area contributed by atoms with Gasteiger partial charge in [0, 0.05) is 22.9 Å². The van der Waals surface area contributed by atoms with Crippen molar-refractivity contribution in [3.8, 4) is 17.1 Å². The van der Waals surface area contributed by atoms with Crippen molar-refractivity contribution in [2.75, 3.05) is 11.9 Å². The lowest BCUT2D eigenvalue weighted by molar-refractivity contribution is 1.04. The van der Waals surface area contributed by atoms with E-state index in [-0.39, 0.29) is 0 Å². The molecule has 5 heteroatoms. The molecule has 1 N–H and O–H groups in total. The first-order valence-corrected chi connectivity index (χ1v) is 10.6. The minimum atomic E-state index is 0.666. The SMILES string of the molecule is CC/N=c1/cc2n(-c3ccccc3)c3ccc(Cl)cc3nc-2cc1Nc1ccccc1. The molecule has 5 rings (SSSR count). The van der Waals surface area contributed by atoms with Crippen molar-refractivity contribution >= 4 is 34.0 Å². The Bertz CT molecular complexity index is 1390. The van der Waals surface area contributed by atoms with Gasteiger partial charge in [-0.25, -0.2) is 4.98 Å². The summed E-state index contributed by atoms with van der Waals surface area (Å²) in [6, 6.07) is 30.4. The number of hydrogen-bond acceptors (Lipinski definition) is 3. The smallest absolute Gasteiger partial charge is 0.0900 e. The molecule has 0 atom stereocenters. The van der Waals surface area contributed by atoms with Gasteiger partial charge in [-0.15, -0.1) is 0 Å². The van der Waals surface area contributed by atoms with Gasteiger partial charge in [0.05, 0.1) is 33.5 Å². The van der Waals surface area contributed by atoms with Crippen molar-refractivity contribution in [1.82, 2.24) is 9.55 Å². The van der Waals surface area contributed by atoms with Gasteiger partial charge in [-0.1, -0.05) is 48.0 Å². The summed E-state index contributed by atoms with van der Waals surface area (Å²) in [4.78, 5) is 9.70. The van der Waals surface area contributed by atoms with Gasteiger partial charge in [0.2, 0.25) is 0 Å². The Morgan fingerprint density at radius 3 is 2.39 bits per heavy atom. The molecule has 0 fully saturated rings. The number of rotatable bonds is 4. The number of para-hydroxylation sites is 2. The third-order valence-corrected chi connectivity index (χ3v) is 5.38. The number of hydrogen-bond donors (Lipinski definition) is 1. The number of fused-ring (bicyclic) bond motifs is 2. The minimum absolute atomic E-state index is 0.666. The van der Waals surface area contributed by atoms with Gasteiger partial charge in [-0.2, -0.15) is 0 Å². The second kappa shape index (κ2) is 8.25. The molecule has 3 aromatic rings. The van der Waals surface area contributed by atoms with E-state index in [1.54, 1.807) is 0 Å². The molecule has 1 aliphatic carbocycles. The third kappa shape index (κ3) is 3.78. The van der Waals surface area contributed by atoms with Gasteiger partial charge in [0.25, 0.3) is 0 Å². The molecule has 4 nitrogen and oxygen atoms in total. The van der Waals surface area contributed by atoms with E-state index in [1.165, 1.54) is 0 Å². The molecule has 1 heterocycles. The fraction of sp³-hybridized carbons (Fsp3) is 0.0769. The number of anilines is 2. The highest BCUT2D eigenvalue weighted by atomic mass is 35.5. The van der Waals surface area contributed by atoms with E-state index in [9.17, 15) is 0 Å². The summed E-state index contributed by atoms with van der Waals surface area (Å²) in [6.45, 7) is 2.74. The highest BCUT2D eigenvalue weighted by Gasteiger charge is 2.16. The Balaban J connectivity index is 1.84. The van der Waals surface area contributed by atoms with Crippen molar-refractivity contribution in [2.45, 2.75) is 6.92 Å². The quantitative estimate of drug-likeness (QED) is 0.337. The summed E-state index contributed by atoms with van der Waals surface area (Å²) < 4.78 is 2.22. The zero-order valence-corrected chi connectivity index (χ0v) is 17.8. The van der Waals surface area contributed by atoms with Gasteiger partial charge < -0.3 is 9.88 Å². The molecule has 0 amide bonds. The standard InChI is InChI=1S/C26H21ClN4/c1-2-28-21-17-26-24(16-22(21)29-19-9-5-3-6-10-19)30-23-15-18(27)13-14-25(23)31(26)20-11-7-4-8-12-20/h3-17,29H,2H2,1H3/b28-21-. The van der Waals surface area contributed by atoms with Crippen molar-refractivity contribution in [2.24, 2.45) is 4.99 Å². The second-order valence-corrected chi connectivity index (χ2v) is 7.68. The zero-order chi connectivity index (χ0) is 21.2. The first kappa shape index (κ1) is 19.3. The molecule has 0 spiro atoms. The minimum Gasteiger partial charge on any atom is -0.354 e. The normalized spacial score (nSPS) is 11.9. The summed E-state index contributed by atoms with van der Waals surface area (Å²) in [6.07, 6.45) is 0. The van der Waals surface area contributed by atoms with E-state index in [1.807, 2.05) is 73.7 Å². The molecule has 0 aromatic heterocycles. The highest BCUT2D eigenvalue weighted by Crippen LogP contribution is 2.31. The molecule has 31 heavy (non-hydrogen) atoms. The maximum absolute atomic E-state index is 6.30. The Kier molecular flexibility index (Phi) is 5.14. The average Bonchev–Trinajstić information content (AvgIpc) is 2.79. The largest absolute Gasteiger partial charge is 0.354 e. The molecule has 0 bridgehead atoms. The van der Waals surface area contributed by atoms with Crippen LogP contribution in [0.5, 0.6) is 0 Å². The number of nitrogens with zero attached hydrogens (tertiary/aromatic N) is 3. The van der Waals surface area contributed by atoms with Crippen molar-refractivity contribution < 1.29 is 0 Å². The van der Waals surface area contributed by atoms with Crippen LogP contribution in [0.15, 0.2) is 96.0 Å². The molecule has 3 aromatic carbocycles. The van der Waals surface area contributed by atoms with E-state index in [4.69, 9.17) is 21.6 Å². The lowest BCUT2D eigenvalue weighted by Crippen LogP contribution is -2.15. The molecular formula is C26H21ClN4. The van der Waals surface area contributed by atoms with Crippen LogP contribution in [0, 0.1) is 0 Å². The predicted octanol–water partition coefficient (Wildman–Crippen LogP) is 6.45. The molecular weight excluding hydrogens is 404 g/mol. The fourth-order valence-corrected chi connectivity index (χ4v) is 3.97. The van der Waals surface area contributed by atoms with E-state index in [0.717, 1.165) is 44.8 Å². The Hall–Kier alpha value is -3.63. The molecule has 152 valence electrons. The Morgan fingerprint density at radius 1 is 0.903 bits per heavy atom. The van der Waals surface area contributed by atoms with Crippen molar-refractivity contribution in [3.63, 3.8) is 0 Å². The summed E-state index contributed by atoms with van der Waals surface area (Å²) in [7, 11) is 0. The molecule has 1 aliphatic heterocycles. The molecule has 0 saturated heterocycles. The summed E-state index contributed by atoms with van der Waals surface area (Å²) in [5.74, 6) is 0. The topological polar surface area (TPSA) is 42.2 Å². The summed E-state index contributed by atoms with van der Waals surface area (Å²) >= 11 is 6.30. The lowest BCUT2D eigenvalue weighted by Gasteiger charge is -2.20. The van der Waals surface area contributed by atoms with Crippen LogP contribution in [0.2, 0.25) is 5.02 Å². The molecule has 0 unspecified atom stereocenters. The number of aromatic nitrogens is 2. The third-order valence-electron chi connectivity index (χ3n) is 5.15. The zero-order valence-electron chi connectivity index (χ0n) is 17.1. The highest BCUT2D eigenvalue weighted by molar-refractivity contribution is 6.31. The van der Waals surface area contributed by atoms with E-state index >= 15 is 0 Å². The first-order valence-electron chi connectivity index (χ1n) is 10.3. The van der Waals surface area contributed by atoms with Crippen LogP contribution in [0.1, 0.15) is 6.92 Å². The number of halogens is 1. The van der Waals surface area contributed by atoms with Crippen LogP contribution in [0.4, 0.5) is 11.4 Å². The second-order valence-electron chi connectivity index (χ2n) is 7.24. The summed E-state index contributed by atoms with van der Waals surface area (Å²) in [5, 5.41) is 5.07. The Labute approximate surface area is 185 Å². The fourth-order valence-electron chi connectivity index (χ4n) is 3.80. The maximum atomic E-state index is 6.30. The van der Waals surface area contributed by atoms with Crippen LogP contribution in [0.3, 0.4) is 0 Å². The molecule has 2 aliphatic rings. The van der Waals surface area contributed by atoms with E-state index in [0.29, 0.717) is 11.6 Å². The maximum Gasteiger partial charge on any atom is 0.0900 e. The first-order chi connectivity index (χ1) is 15.2. The van der Waals surface area contributed by atoms with Crippen LogP contribution in [0.25, 0.3) is 28.1 Å². The Morgan fingerprint density at radius 2 is 1.65 bits per heavy atom. The van der Waals surface area contributed by atoms with Gasteiger partial charge >= 0.3 is 0 Å². The van der Waals surface area contributed by atoms with Crippen LogP contribution in [-0.2, 0) is 0 Å². The van der Waals surface area contributed by atoms with Crippen molar-refractivity contribution in [1.29, 1.82) is 0 Å². The predicted molar refractivity (Wildman–Crippen MR) is 129 cm³/mol. The van der Waals surface area contributed by atoms with E-state index < -0.39 is 0 Å². The summed E-state index contributed by atoms with van der Waals surface area (Å²) in [5.41, 5.74) is 6.69. The average molecular weight is 425 g/mol. The monoisotopic (exact) mass is 424 g/mol. The van der Waals surface area contributed by atoms with Gasteiger partial charge in [-0.3, -0.25) is 4.99 Å². The number of benzene rings is 4. The van der Waals surface area contributed by atoms with Gasteiger partial charge in [-0.05, 0) is 61.5 Å². The van der Waals surface area contributed by atoms with Gasteiger partial charge in [0.15, 0.2) is 0 Å². The van der Waals surface area contributed by atoms with Crippen molar-refractivity contribution in [3.05, 3.63) is 101 Å². The molecule has 0 saturated carbocycles. The lowest BCUT2D eigenvalue weighted by atomic mass is 10.1.